The molecule has 3 atom stereocenters. The van der Waals surface area contributed by atoms with Crippen LogP contribution in [0.3, 0.4) is 0 Å². The second-order valence-electron chi connectivity index (χ2n) is 10.6. The van der Waals surface area contributed by atoms with Crippen molar-refractivity contribution in [3.63, 3.8) is 0 Å². The Labute approximate surface area is 196 Å². The Bertz CT molecular complexity index is 1070. The highest BCUT2D eigenvalue weighted by atomic mass is 28.4. The molecule has 2 amide bonds. The van der Waals surface area contributed by atoms with Crippen LogP contribution in [-0.4, -0.2) is 25.0 Å². The summed E-state index contributed by atoms with van der Waals surface area (Å²) in [5.74, 6) is -1.27. The minimum Gasteiger partial charge on any atom is -0.546 e. The standard InChI is InChI=1S/C27H32FNO3Si/c1-27(2,3)33(4,5)32-22-16-15-21-24(23(22)19-11-13-20(28)14-12-19)26(31)29(25(21)30)17-18-9-7-6-8-10-18/h6-14,16,21,23-24H,15,17H2,1-5H3/t21-,23-,24-/m1/s1. The summed E-state index contributed by atoms with van der Waals surface area (Å²) < 4.78 is 20.4. The van der Waals surface area contributed by atoms with Crippen molar-refractivity contribution >= 4 is 20.1 Å². The van der Waals surface area contributed by atoms with E-state index in [-0.39, 0.29) is 29.2 Å². The molecule has 0 bridgehead atoms. The zero-order valence-electron chi connectivity index (χ0n) is 20.0. The van der Waals surface area contributed by atoms with Gasteiger partial charge in [0.15, 0.2) is 0 Å². The predicted molar refractivity (Wildman–Crippen MR) is 129 cm³/mol. The van der Waals surface area contributed by atoms with E-state index in [1.165, 1.54) is 17.0 Å². The van der Waals surface area contributed by atoms with Crippen LogP contribution in [0.15, 0.2) is 66.4 Å². The van der Waals surface area contributed by atoms with E-state index in [4.69, 9.17) is 4.43 Å². The molecule has 0 spiro atoms. The number of rotatable bonds is 5. The number of fused-ring (bicyclic) bond motifs is 1. The smallest absolute Gasteiger partial charge is 0.250 e. The van der Waals surface area contributed by atoms with Crippen LogP contribution in [0.5, 0.6) is 0 Å². The lowest BCUT2D eigenvalue weighted by Gasteiger charge is -2.41. The number of benzene rings is 2. The fourth-order valence-corrected chi connectivity index (χ4v) is 5.61. The Morgan fingerprint density at radius 3 is 2.24 bits per heavy atom. The maximum absolute atomic E-state index is 13.7. The number of nitrogens with zero attached hydrogens (tertiary/aromatic N) is 1. The van der Waals surface area contributed by atoms with Crippen molar-refractivity contribution in [1.82, 2.24) is 4.90 Å². The Morgan fingerprint density at radius 1 is 1.00 bits per heavy atom. The molecule has 0 radical (unpaired) electrons. The van der Waals surface area contributed by atoms with Crippen LogP contribution in [-0.2, 0) is 20.6 Å². The van der Waals surface area contributed by atoms with Crippen LogP contribution >= 0.6 is 0 Å². The van der Waals surface area contributed by atoms with Crippen molar-refractivity contribution in [3.8, 4) is 0 Å². The molecule has 1 aliphatic heterocycles. The monoisotopic (exact) mass is 465 g/mol. The molecule has 0 aromatic heterocycles. The second-order valence-corrected chi connectivity index (χ2v) is 15.3. The lowest BCUT2D eigenvalue weighted by atomic mass is 9.73. The maximum atomic E-state index is 13.7. The SMILES string of the molecule is CC(C)(C)[Si](C)(C)OC1=CC[C@H]2C(=O)N(Cc3ccccc3)C(=O)[C@H]2[C@@H]1c1ccc(F)cc1. The van der Waals surface area contributed by atoms with Gasteiger partial charge in [0.05, 0.1) is 30.1 Å². The molecule has 174 valence electrons. The lowest BCUT2D eigenvalue weighted by Crippen LogP contribution is -2.43. The fraction of sp³-hybridized carbons (Fsp3) is 0.407. The second kappa shape index (κ2) is 8.56. The normalized spacial score (nSPS) is 23.4. The van der Waals surface area contributed by atoms with E-state index in [1.807, 2.05) is 36.4 Å². The first kappa shape index (κ1) is 23.4. The van der Waals surface area contributed by atoms with Crippen molar-refractivity contribution < 1.29 is 18.4 Å². The van der Waals surface area contributed by atoms with E-state index >= 15 is 0 Å². The molecule has 6 heteroatoms. The summed E-state index contributed by atoms with van der Waals surface area (Å²) in [5, 5.41) is -0.0209. The average Bonchev–Trinajstić information content (AvgIpc) is 2.99. The van der Waals surface area contributed by atoms with Crippen molar-refractivity contribution in [1.29, 1.82) is 0 Å². The summed E-state index contributed by atoms with van der Waals surface area (Å²) in [4.78, 5) is 28.4. The molecule has 1 heterocycles. The summed E-state index contributed by atoms with van der Waals surface area (Å²) in [6.07, 6.45) is 2.47. The maximum Gasteiger partial charge on any atom is 0.250 e. The molecule has 1 aliphatic carbocycles. The third kappa shape index (κ3) is 4.41. The van der Waals surface area contributed by atoms with Gasteiger partial charge >= 0.3 is 0 Å². The van der Waals surface area contributed by atoms with E-state index in [2.05, 4.69) is 33.9 Å². The Hall–Kier alpha value is -2.73. The van der Waals surface area contributed by atoms with Gasteiger partial charge in [-0.25, -0.2) is 4.39 Å². The minimum atomic E-state index is -2.19. The fourth-order valence-electron chi connectivity index (χ4n) is 4.50. The highest BCUT2D eigenvalue weighted by Gasteiger charge is 2.54. The number of allylic oxidation sites excluding steroid dienone is 2. The molecule has 0 saturated carbocycles. The van der Waals surface area contributed by atoms with Crippen LogP contribution in [0.2, 0.25) is 18.1 Å². The molecule has 33 heavy (non-hydrogen) atoms. The number of hydrogen-bond acceptors (Lipinski definition) is 3. The summed E-state index contributed by atoms with van der Waals surface area (Å²) >= 11 is 0. The van der Waals surface area contributed by atoms with Gasteiger partial charge in [-0.3, -0.25) is 14.5 Å². The third-order valence-electron chi connectivity index (χ3n) is 7.40. The van der Waals surface area contributed by atoms with E-state index in [9.17, 15) is 14.0 Å². The number of halogens is 1. The van der Waals surface area contributed by atoms with Gasteiger partial charge in [-0.1, -0.05) is 63.2 Å². The molecule has 2 aromatic rings. The molecule has 1 fully saturated rings. The number of carbonyl (C=O) groups excluding carboxylic acids is 2. The quantitative estimate of drug-likeness (QED) is 0.401. The molecule has 1 saturated heterocycles. The van der Waals surface area contributed by atoms with Crippen molar-refractivity contribution in [3.05, 3.63) is 83.4 Å². The Morgan fingerprint density at radius 2 is 1.64 bits per heavy atom. The molecule has 2 aromatic carbocycles. The minimum absolute atomic E-state index is 0.0209. The van der Waals surface area contributed by atoms with Gasteiger partial charge in [-0.15, -0.1) is 0 Å². The van der Waals surface area contributed by atoms with Gasteiger partial charge in [-0.2, -0.15) is 0 Å². The lowest BCUT2D eigenvalue weighted by molar-refractivity contribution is -0.140. The number of imide groups is 1. The molecular weight excluding hydrogens is 433 g/mol. The van der Waals surface area contributed by atoms with Crippen molar-refractivity contribution in [2.24, 2.45) is 11.8 Å². The zero-order valence-corrected chi connectivity index (χ0v) is 21.0. The zero-order chi connectivity index (χ0) is 24.0. The summed E-state index contributed by atoms with van der Waals surface area (Å²) in [5.41, 5.74) is 1.72. The van der Waals surface area contributed by atoms with Crippen LogP contribution in [0.4, 0.5) is 4.39 Å². The summed E-state index contributed by atoms with van der Waals surface area (Å²) in [6.45, 7) is 11.1. The summed E-state index contributed by atoms with van der Waals surface area (Å²) in [7, 11) is -2.19. The first-order valence-electron chi connectivity index (χ1n) is 11.5. The number of carbonyl (C=O) groups is 2. The Kier molecular flexibility index (Phi) is 6.08. The van der Waals surface area contributed by atoms with Gasteiger partial charge < -0.3 is 4.43 Å². The first-order valence-corrected chi connectivity index (χ1v) is 14.4. The highest BCUT2D eigenvalue weighted by molar-refractivity contribution is 6.74. The van der Waals surface area contributed by atoms with E-state index in [0.29, 0.717) is 6.42 Å². The molecule has 2 aliphatic rings. The number of hydrogen-bond donors (Lipinski definition) is 0. The molecule has 0 unspecified atom stereocenters. The summed E-state index contributed by atoms with van der Waals surface area (Å²) in [6, 6.07) is 15.8. The van der Waals surface area contributed by atoms with Crippen molar-refractivity contribution in [2.45, 2.75) is 57.8 Å². The topological polar surface area (TPSA) is 46.6 Å². The third-order valence-corrected chi connectivity index (χ3v) is 11.8. The van der Waals surface area contributed by atoms with Crippen LogP contribution in [0, 0.1) is 17.7 Å². The van der Waals surface area contributed by atoms with Crippen LogP contribution < -0.4 is 0 Å². The number of amides is 2. The van der Waals surface area contributed by atoms with Gasteiger partial charge in [0.2, 0.25) is 20.1 Å². The molecule has 0 N–H and O–H groups in total. The van der Waals surface area contributed by atoms with E-state index in [1.54, 1.807) is 12.1 Å². The van der Waals surface area contributed by atoms with E-state index in [0.717, 1.165) is 16.9 Å². The first-order chi connectivity index (χ1) is 15.5. The largest absolute Gasteiger partial charge is 0.546 e. The van der Waals surface area contributed by atoms with Gasteiger partial charge in [0.25, 0.3) is 0 Å². The van der Waals surface area contributed by atoms with Gasteiger partial charge in [0, 0.05) is 0 Å². The molecule has 4 nitrogen and oxygen atoms in total. The predicted octanol–water partition coefficient (Wildman–Crippen LogP) is 6.02. The number of likely N-dealkylation sites (tertiary alicyclic amines) is 1. The Balaban J connectivity index is 1.72. The highest BCUT2D eigenvalue weighted by Crippen LogP contribution is 2.50. The average molecular weight is 466 g/mol. The van der Waals surface area contributed by atoms with Crippen LogP contribution in [0.1, 0.15) is 44.2 Å². The van der Waals surface area contributed by atoms with Crippen molar-refractivity contribution in [2.75, 3.05) is 0 Å². The van der Waals surface area contributed by atoms with Gasteiger partial charge in [-0.05, 0) is 53.9 Å². The van der Waals surface area contributed by atoms with Gasteiger partial charge in [0.1, 0.15) is 5.82 Å². The molecule has 4 rings (SSSR count). The van der Waals surface area contributed by atoms with Crippen LogP contribution in [0.25, 0.3) is 0 Å². The molecular formula is C27H32FNO3Si. The van der Waals surface area contributed by atoms with E-state index < -0.39 is 26.1 Å².